The minimum Gasteiger partial charge on any atom is -0.394 e. The smallest absolute Gasteiger partial charge is 0.217 e. The molecule has 5 rings (SSSR count). The minimum absolute atomic E-state index is 0.749. The van der Waals surface area contributed by atoms with E-state index in [-0.39, 0.29) is 0 Å². The van der Waals surface area contributed by atoms with E-state index in [9.17, 15) is 76.3 Å². The predicted octanol–water partition coefficient (Wildman–Crippen LogP) is -9.73. The molecule has 5 heterocycles. The van der Waals surface area contributed by atoms with Crippen molar-refractivity contribution in [3.63, 3.8) is 0 Å². The Morgan fingerprint density at radius 3 is 1.40 bits per heavy atom. The van der Waals surface area contributed by atoms with Crippen molar-refractivity contribution in [3.8, 4) is 0 Å². The van der Waals surface area contributed by atoms with E-state index in [0.29, 0.717) is 0 Å². The van der Waals surface area contributed by atoms with Gasteiger partial charge in [-0.2, -0.15) is 0 Å². The fraction of sp³-hybridized carbons (Fsp3) is 0.969. The predicted molar refractivity (Wildman–Crippen MR) is 175 cm³/mol. The van der Waals surface area contributed by atoms with Gasteiger partial charge in [0.2, 0.25) is 5.91 Å². The van der Waals surface area contributed by atoms with Crippen LogP contribution in [0.4, 0.5) is 0 Å². The Kier molecular flexibility index (Phi) is 16.0. The standard InChI is InChI=1S/C32H55NO24/c1-7-14(38)19(43)21(45)30(49-7)54-24-12(6-36)51-28(48)23(47)26(24)56-32-27(57-31-22(46)20(44)15(39)8(2)50-31)25(17(41)11(5-35)53-32)55-29-13(33-9(3)37)18(42)16(40)10(4-34)52-29/h7-8,10-32,34-36,38-48H,4-6H2,1-3H3,(H,33,37)/t7-,8-,10+,11+,12+,13+,14+,15+,16-,17-,18+,19+,20+,21-,22-,23+,24+,25-,26+,27+,28?,29+,30-,31-,32-/m0/s1. The van der Waals surface area contributed by atoms with Crippen molar-refractivity contribution in [2.75, 3.05) is 19.8 Å². The molecule has 1 unspecified atom stereocenters. The number of rotatable bonds is 12. The maximum Gasteiger partial charge on any atom is 0.217 e. The van der Waals surface area contributed by atoms with Crippen LogP contribution in [0.5, 0.6) is 0 Å². The summed E-state index contributed by atoms with van der Waals surface area (Å²) in [6.45, 7) is 0.920. The molecule has 0 bridgehead atoms. The number of carbonyl (C=O) groups is 1. The summed E-state index contributed by atoms with van der Waals surface area (Å²) in [7, 11) is 0. The van der Waals surface area contributed by atoms with Gasteiger partial charge in [-0.3, -0.25) is 4.79 Å². The monoisotopic (exact) mass is 837 g/mol. The van der Waals surface area contributed by atoms with Gasteiger partial charge in [0, 0.05) is 6.92 Å². The number of aliphatic hydroxyl groups is 14. The van der Waals surface area contributed by atoms with E-state index in [0.717, 1.165) is 6.92 Å². The Morgan fingerprint density at radius 1 is 0.456 bits per heavy atom. The van der Waals surface area contributed by atoms with E-state index < -0.39 is 179 Å². The highest BCUT2D eigenvalue weighted by Gasteiger charge is 2.58. The van der Waals surface area contributed by atoms with Crippen LogP contribution in [0.2, 0.25) is 0 Å². The third-order valence-electron chi connectivity index (χ3n) is 10.6. The van der Waals surface area contributed by atoms with Gasteiger partial charge in [-0.1, -0.05) is 0 Å². The lowest BCUT2D eigenvalue weighted by atomic mass is 9.94. The molecule has 5 aliphatic rings. The molecular weight excluding hydrogens is 782 g/mol. The lowest BCUT2D eigenvalue weighted by Crippen LogP contribution is -2.70. The first-order chi connectivity index (χ1) is 26.8. The number of hydrogen-bond donors (Lipinski definition) is 15. The summed E-state index contributed by atoms with van der Waals surface area (Å²) in [4.78, 5) is 12.2. The van der Waals surface area contributed by atoms with Gasteiger partial charge >= 0.3 is 0 Å². The molecule has 25 atom stereocenters. The molecule has 1 amide bonds. The summed E-state index contributed by atoms with van der Waals surface area (Å²) >= 11 is 0. The highest BCUT2D eigenvalue weighted by molar-refractivity contribution is 5.73. The second-order valence-electron chi connectivity index (χ2n) is 14.7. The summed E-state index contributed by atoms with van der Waals surface area (Å²) < 4.78 is 52.0. The number of carbonyl (C=O) groups excluding carboxylic acids is 1. The largest absolute Gasteiger partial charge is 0.394 e. The lowest BCUT2D eigenvalue weighted by molar-refractivity contribution is -0.408. The van der Waals surface area contributed by atoms with Gasteiger partial charge in [-0.15, -0.1) is 0 Å². The molecule has 15 N–H and O–H groups in total. The van der Waals surface area contributed by atoms with Crippen LogP contribution in [-0.2, 0) is 47.4 Å². The zero-order chi connectivity index (χ0) is 42.2. The number of amides is 1. The zero-order valence-electron chi connectivity index (χ0n) is 30.9. The van der Waals surface area contributed by atoms with E-state index in [1.165, 1.54) is 13.8 Å². The van der Waals surface area contributed by atoms with Gasteiger partial charge in [-0.25, -0.2) is 0 Å². The number of hydrogen-bond acceptors (Lipinski definition) is 24. The molecule has 332 valence electrons. The van der Waals surface area contributed by atoms with Crippen LogP contribution < -0.4 is 5.32 Å². The average molecular weight is 838 g/mol. The Hall–Kier alpha value is -1.45. The minimum atomic E-state index is -2.12. The number of aliphatic hydroxyl groups excluding tert-OH is 14. The Balaban J connectivity index is 1.54. The maximum atomic E-state index is 12.2. The van der Waals surface area contributed by atoms with Gasteiger partial charge in [0.05, 0.1) is 32.0 Å². The first kappa shape index (κ1) is 46.6. The van der Waals surface area contributed by atoms with Gasteiger partial charge in [0.1, 0.15) is 110 Å². The Labute approximate surface area is 324 Å². The second-order valence-corrected chi connectivity index (χ2v) is 14.7. The SMILES string of the molecule is CC(=O)N[C@H]1[C@@H](O[C@H]2[C@@H](O)[C@@H](CO)O[C@@H](O[C@H]3[C@H](O[C@@H]4O[C@@H](C)[C@@H](O)[C@@H](O)[C@@H]4O)[C@@H](CO)OC(O)[C@@H]3O)[C@@H]2O[C@@H]2O[C@@H](C)[C@@H](O)[C@@H](O)[C@@H]2O)O[C@H](CO)[C@H](O)[C@@H]1O. The fourth-order valence-electron chi connectivity index (χ4n) is 7.28. The van der Waals surface area contributed by atoms with E-state index in [1.807, 2.05) is 0 Å². The second kappa shape index (κ2) is 19.5. The topological polar surface area (TPSA) is 395 Å². The molecule has 0 saturated carbocycles. The molecule has 25 heteroatoms. The maximum absolute atomic E-state index is 12.2. The average Bonchev–Trinajstić information content (AvgIpc) is 3.18. The van der Waals surface area contributed by atoms with Crippen LogP contribution in [0.1, 0.15) is 20.8 Å². The Bertz CT molecular complexity index is 1290. The molecule has 0 aliphatic carbocycles. The molecule has 5 fully saturated rings. The molecule has 0 radical (unpaired) electrons. The van der Waals surface area contributed by atoms with Crippen LogP contribution in [0.3, 0.4) is 0 Å². The first-order valence-electron chi connectivity index (χ1n) is 18.3. The molecule has 0 spiro atoms. The van der Waals surface area contributed by atoms with E-state index in [2.05, 4.69) is 5.32 Å². The van der Waals surface area contributed by atoms with Crippen LogP contribution in [-0.4, -0.2) is 251 Å². The normalized spacial score (nSPS) is 52.3. The van der Waals surface area contributed by atoms with Crippen molar-refractivity contribution in [2.45, 2.75) is 174 Å². The van der Waals surface area contributed by atoms with Crippen molar-refractivity contribution < 1.29 is 119 Å². The van der Waals surface area contributed by atoms with Gasteiger partial charge in [0.25, 0.3) is 0 Å². The van der Waals surface area contributed by atoms with E-state index in [4.69, 9.17) is 42.6 Å². The number of nitrogens with one attached hydrogen (secondary N) is 1. The molecular formula is C32H55NO24. The van der Waals surface area contributed by atoms with Crippen LogP contribution in [0, 0.1) is 0 Å². The summed E-state index contributed by atoms with van der Waals surface area (Å²) in [5, 5.41) is 151. The van der Waals surface area contributed by atoms with Crippen molar-refractivity contribution in [3.05, 3.63) is 0 Å². The molecule has 57 heavy (non-hydrogen) atoms. The summed E-state index contributed by atoms with van der Waals surface area (Å²) in [6.07, 6.45) is -42.9. The summed E-state index contributed by atoms with van der Waals surface area (Å²) in [5.41, 5.74) is 0. The highest BCUT2D eigenvalue weighted by Crippen LogP contribution is 2.37. The molecule has 0 aromatic carbocycles. The quantitative estimate of drug-likeness (QED) is 0.0867. The van der Waals surface area contributed by atoms with Gasteiger partial charge in [-0.05, 0) is 13.8 Å². The molecule has 0 aromatic heterocycles. The Morgan fingerprint density at radius 2 is 0.895 bits per heavy atom. The molecule has 25 nitrogen and oxygen atoms in total. The highest BCUT2D eigenvalue weighted by atomic mass is 16.8. The van der Waals surface area contributed by atoms with Crippen LogP contribution >= 0.6 is 0 Å². The molecule has 5 aliphatic heterocycles. The molecule has 5 saturated heterocycles. The fourth-order valence-corrected chi connectivity index (χ4v) is 7.28. The van der Waals surface area contributed by atoms with Crippen molar-refractivity contribution in [1.82, 2.24) is 5.32 Å². The zero-order valence-corrected chi connectivity index (χ0v) is 30.9. The van der Waals surface area contributed by atoms with Crippen molar-refractivity contribution in [2.24, 2.45) is 0 Å². The number of ether oxygens (including phenoxy) is 9. The summed E-state index contributed by atoms with van der Waals surface area (Å²) in [5.74, 6) is -0.749. The van der Waals surface area contributed by atoms with Gasteiger partial charge < -0.3 is 119 Å². The third kappa shape index (κ3) is 9.71. The molecule has 0 aromatic rings. The van der Waals surface area contributed by atoms with Crippen LogP contribution in [0.25, 0.3) is 0 Å². The van der Waals surface area contributed by atoms with Gasteiger partial charge in [0.15, 0.2) is 31.5 Å². The van der Waals surface area contributed by atoms with Crippen molar-refractivity contribution in [1.29, 1.82) is 0 Å². The van der Waals surface area contributed by atoms with E-state index >= 15 is 0 Å². The third-order valence-corrected chi connectivity index (χ3v) is 10.6. The van der Waals surface area contributed by atoms with Crippen molar-refractivity contribution >= 4 is 5.91 Å². The van der Waals surface area contributed by atoms with Crippen LogP contribution in [0.15, 0.2) is 0 Å². The van der Waals surface area contributed by atoms with E-state index in [1.54, 1.807) is 0 Å². The summed E-state index contributed by atoms with van der Waals surface area (Å²) in [6, 6.07) is -1.61. The lowest BCUT2D eigenvalue weighted by Gasteiger charge is -2.51. The first-order valence-corrected chi connectivity index (χ1v) is 18.3.